The Balaban J connectivity index is 1.95. The van der Waals surface area contributed by atoms with Crippen molar-refractivity contribution in [3.8, 4) is 0 Å². The number of hydrogen-bond acceptors (Lipinski definition) is 4. The summed E-state index contributed by atoms with van der Waals surface area (Å²) in [5.74, 6) is 0.902. The Bertz CT molecular complexity index is 481. The quantitative estimate of drug-likeness (QED) is 0.866. The van der Waals surface area contributed by atoms with E-state index >= 15 is 0 Å². The van der Waals surface area contributed by atoms with Crippen molar-refractivity contribution in [1.82, 2.24) is 9.97 Å². The number of nitrogens with two attached hydrogens (primary N) is 1. The van der Waals surface area contributed by atoms with E-state index in [0.29, 0.717) is 0 Å². The maximum atomic E-state index is 6.20. The Kier molecular flexibility index (Phi) is 4.55. The second kappa shape index (κ2) is 6.41. The van der Waals surface area contributed by atoms with E-state index in [0.717, 1.165) is 55.8 Å². The van der Waals surface area contributed by atoms with Crippen LogP contribution in [0.5, 0.6) is 0 Å². The molecular formula is C17H27N3O. The smallest absolute Gasteiger partial charge is 0.160 e. The fraction of sp³-hybridized carbons (Fsp3) is 0.765. The van der Waals surface area contributed by atoms with Gasteiger partial charge in [-0.15, -0.1) is 0 Å². The van der Waals surface area contributed by atoms with Crippen molar-refractivity contribution in [2.45, 2.75) is 76.4 Å². The van der Waals surface area contributed by atoms with Gasteiger partial charge >= 0.3 is 0 Å². The van der Waals surface area contributed by atoms with Gasteiger partial charge in [-0.1, -0.05) is 25.7 Å². The van der Waals surface area contributed by atoms with Crippen molar-refractivity contribution in [2.75, 3.05) is 6.61 Å². The lowest BCUT2D eigenvalue weighted by Gasteiger charge is -2.32. The average Bonchev–Trinajstić information content (AvgIpc) is 2.74. The molecule has 0 amide bonds. The van der Waals surface area contributed by atoms with Crippen molar-refractivity contribution in [2.24, 2.45) is 5.73 Å². The van der Waals surface area contributed by atoms with Crippen molar-refractivity contribution in [3.63, 3.8) is 0 Å². The second-order valence-corrected chi connectivity index (χ2v) is 6.44. The van der Waals surface area contributed by atoms with Crippen LogP contribution in [0.15, 0.2) is 6.20 Å². The summed E-state index contributed by atoms with van der Waals surface area (Å²) in [5.41, 5.74) is 8.22. The normalized spacial score (nSPS) is 25.1. The number of ether oxygens (including phenoxy) is 1. The standard InChI is InChI=1S/C17H27N3O/c1-2-21-17(10-5-3-4-6-11-17)16-19-12-13-14(18)8-7-9-15(13)20-16/h12,14H,2-11,18H2,1H3. The highest BCUT2D eigenvalue weighted by molar-refractivity contribution is 5.25. The third-order valence-corrected chi connectivity index (χ3v) is 4.97. The summed E-state index contributed by atoms with van der Waals surface area (Å²) >= 11 is 0. The maximum Gasteiger partial charge on any atom is 0.160 e. The van der Waals surface area contributed by atoms with E-state index < -0.39 is 0 Å². The van der Waals surface area contributed by atoms with E-state index in [9.17, 15) is 0 Å². The minimum absolute atomic E-state index is 0.111. The largest absolute Gasteiger partial charge is 0.367 e. The van der Waals surface area contributed by atoms with Gasteiger partial charge < -0.3 is 10.5 Å². The second-order valence-electron chi connectivity index (χ2n) is 6.44. The molecule has 1 unspecified atom stereocenters. The lowest BCUT2D eigenvalue weighted by atomic mass is 9.90. The van der Waals surface area contributed by atoms with Gasteiger partial charge in [0.25, 0.3) is 0 Å². The Hall–Kier alpha value is -1.00. The van der Waals surface area contributed by atoms with E-state index in [-0.39, 0.29) is 11.6 Å². The predicted molar refractivity (Wildman–Crippen MR) is 82.9 cm³/mol. The molecule has 3 rings (SSSR count). The molecule has 1 heterocycles. The van der Waals surface area contributed by atoms with Gasteiger partial charge in [-0.2, -0.15) is 0 Å². The van der Waals surface area contributed by atoms with Gasteiger partial charge in [0.1, 0.15) is 5.60 Å². The SMILES string of the molecule is CCOC1(c2ncc3c(n2)CCCC3N)CCCCCC1. The molecule has 1 aromatic rings. The zero-order chi connectivity index (χ0) is 14.7. The minimum Gasteiger partial charge on any atom is -0.367 e. The molecule has 4 heteroatoms. The summed E-state index contributed by atoms with van der Waals surface area (Å²) in [6.07, 6.45) is 12.3. The number of aryl methyl sites for hydroxylation is 1. The first kappa shape index (κ1) is 14.9. The molecule has 0 aliphatic heterocycles. The molecule has 21 heavy (non-hydrogen) atoms. The minimum atomic E-state index is -0.262. The molecule has 1 fully saturated rings. The number of aromatic nitrogens is 2. The van der Waals surface area contributed by atoms with Crippen LogP contribution in [-0.4, -0.2) is 16.6 Å². The molecule has 0 saturated heterocycles. The summed E-state index contributed by atoms with van der Waals surface area (Å²) in [7, 11) is 0. The number of nitrogens with zero attached hydrogens (tertiary/aromatic N) is 2. The monoisotopic (exact) mass is 289 g/mol. The van der Waals surface area contributed by atoms with Crippen molar-refractivity contribution in [1.29, 1.82) is 0 Å². The zero-order valence-corrected chi connectivity index (χ0v) is 13.1. The van der Waals surface area contributed by atoms with Gasteiger partial charge in [-0.25, -0.2) is 9.97 Å². The van der Waals surface area contributed by atoms with Crippen LogP contribution < -0.4 is 5.73 Å². The van der Waals surface area contributed by atoms with E-state index in [4.69, 9.17) is 15.5 Å². The third-order valence-electron chi connectivity index (χ3n) is 4.97. The van der Waals surface area contributed by atoms with Gasteiger partial charge in [0, 0.05) is 30.1 Å². The molecule has 0 radical (unpaired) electrons. The molecule has 2 aliphatic carbocycles. The Morgan fingerprint density at radius 1 is 1.24 bits per heavy atom. The Morgan fingerprint density at radius 2 is 2.00 bits per heavy atom. The van der Waals surface area contributed by atoms with E-state index in [1.807, 2.05) is 6.20 Å². The first-order chi connectivity index (χ1) is 10.2. The van der Waals surface area contributed by atoms with Gasteiger partial charge in [0.15, 0.2) is 5.82 Å². The van der Waals surface area contributed by atoms with Crippen LogP contribution in [-0.2, 0) is 16.8 Å². The van der Waals surface area contributed by atoms with Crippen LogP contribution in [0.25, 0.3) is 0 Å². The highest BCUT2D eigenvalue weighted by Crippen LogP contribution is 2.38. The van der Waals surface area contributed by atoms with E-state index in [1.165, 1.54) is 25.7 Å². The van der Waals surface area contributed by atoms with Gasteiger partial charge in [-0.05, 0) is 39.0 Å². The summed E-state index contributed by atoms with van der Waals surface area (Å²) in [6.45, 7) is 2.79. The molecule has 1 saturated carbocycles. The zero-order valence-electron chi connectivity index (χ0n) is 13.1. The molecule has 0 bridgehead atoms. The number of rotatable bonds is 3. The van der Waals surface area contributed by atoms with E-state index in [1.54, 1.807) is 0 Å². The number of fused-ring (bicyclic) bond motifs is 1. The maximum absolute atomic E-state index is 6.20. The molecule has 0 aromatic carbocycles. The van der Waals surface area contributed by atoms with Crippen LogP contribution in [0.1, 0.15) is 81.4 Å². The van der Waals surface area contributed by atoms with Crippen molar-refractivity contribution in [3.05, 3.63) is 23.3 Å². The molecule has 116 valence electrons. The lowest BCUT2D eigenvalue weighted by Crippen LogP contribution is -2.33. The Morgan fingerprint density at radius 3 is 2.71 bits per heavy atom. The first-order valence-electron chi connectivity index (χ1n) is 8.51. The van der Waals surface area contributed by atoms with Gasteiger partial charge in [0.05, 0.1) is 0 Å². The van der Waals surface area contributed by atoms with Crippen LogP contribution in [0, 0.1) is 0 Å². The molecule has 2 N–H and O–H groups in total. The van der Waals surface area contributed by atoms with Crippen LogP contribution in [0.2, 0.25) is 0 Å². The molecule has 1 atom stereocenters. The summed E-state index contributed by atoms with van der Waals surface area (Å²) in [4.78, 5) is 9.59. The van der Waals surface area contributed by atoms with Gasteiger partial charge in [-0.3, -0.25) is 0 Å². The van der Waals surface area contributed by atoms with Crippen LogP contribution in [0.3, 0.4) is 0 Å². The molecule has 2 aliphatic rings. The van der Waals surface area contributed by atoms with E-state index in [2.05, 4.69) is 11.9 Å². The number of hydrogen-bond donors (Lipinski definition) is 1. The van der Waals surface area contributed by atoms with Crippen molar-refractivity contribution < 1.29 is 4.74 Å². The average molecular weight is 289 g/mol. The lowest BCUT2D eigenvalue weighted by molar-refractivity contribution is -0.0626. The fourth-order valence-electron chi connectivity index (χ4n) is 3.81. The summed E-state index contributed by atoms with van der Waals surface area (Å²) in [6, 6.07) is 0.111. The molecule has 4 nitrogen and oxygen atoms in total. The fourth-order valence-corrected chi connectivity index (χ4v) is 3.81. The summed E-state index contributed by atoms with van der Waals surface area (Å²) < 4.78 is 6.20. The predicted octanol–water partition coefficient (Wildman–Crippen LogP) is 3.40. The highest BCUT2D eigenvalue weighted by Gasteiger charge is 2.37. The molecular weight excluding hydrogens is 262 g/mol. The molecule has 0 spiro atoms. The third kappa shape index (κ3) is 2.97. The van der Waals surface area contributed by atoms with Crippen molar-refractivity contribution >= 4 is 0 Å². The summed E-state index contributed by atoms with van der Waals surface area (Å²) in [5, 5.41) is 0. The highest BCUT2D eigenvalue weighted by atomic mass is 16.5. The van der Waals surface area contributed by atoms with Crippen LogP contribution >= 0.6 is 0 Å². The van der Waals surface area contributed by atoms with Crippen LogP contribution in [0.4, 0.5) is 0 Å². The Labute approximate surface area is 127 Å². The first-order valence-corrected chi connectivity index (χ1v) is 8.51. The molecule has 1 aromatic heterocycles. The van der Waals surface area contributed by atoms with Gasteiger partial charge in [0.2, 0.25) is 0 Å². The topological polar surface area (TPSA) is 61.0 Å².